The Hall–Kier alpha value is -2.10. The summed E-state index contributed by atoms with van der Waals surface area (Å²) in [6.07, 6.45) is 0.588. The summed E-state index contributed by atoms with van der Waals surface area (Å²) in [6, 6.07) is 9.07. The minimum atomic E-state index is -0.632. The molecule has 1 aromatic heterocycles. The van der Waals surface area contributed by atoms with Gasteiger partial charge >= 0.3 is 6.09 Å². The number of ether oxygens (including phenoxy) is 1. The van der Waals surface area contributed by atoms with Gasteiger partial charge < -0.3 is 4.74 Å². The van der Waals surface area contributed by atoms with E-state index in [2.05, 4.69) is 13.8 Å². The van der Waals surface area contributed by atoms with E-state index >= 15 is 0 Å². The third kappa shape index (κ3) is 3.56. The highest BCUT2D eigenvalue weighted by molar-refractivity contribution is 5.80. The lowest BCUT2D eigenvalue weighted by molar-refractivity contribution is 0.0539. The Labute approximate surface area is 130 Å². The van der Waals surface area contributed by atoms with E-state index in [9.17, 15) is 9.18 Å². The zero-order valence-corrected chi connectivity index (χ0v) is 13.7. The van der Waals surface area contributed by atoms with Crippen molar-refractivity contribution in [2.24, 2.45) is 0 Å². The van der Waals surface area contributed by atoms with Crippen LogP contribution in [0.5, 0.6) is 0 Å². The number of halogens is 1. The Kier molecular flexibility index (Phi) is 4.40. The standard InChI is InChI=1S/C18H22FNO2/c1-12(2)14-8-6-7-9-15(14)16-10-13(19)11-20(16)17(21)22-18(3,4)5/h6-12H,1-5H3. The lowest BCUT2D eigenvalue weighted by atomic mass is 9.95. The lowest BCUT2D eigenvalue weighted by Gasteiger charge is -2.21. The van der Waals surface area contributed by atoms with Crippen LogP contribution < -0.4 is 0 Å². The van der Waals surface area contributed by atoms with Gasteiger partial charge in [0.15, 0.2) is 0 Å². The van der Waals surface area contributed by atoms with Gasteiger partial charge in [0.25, 0.3) is 0 Å². The summed E-state index contributed by atoms with van der Waals surface area (Å²) in [5.41, 5.74) is 1.78. The molecule has 3 nitrogen and oxygen atoms in total. The first-order valence-electron chi connectivity index (χ1n) is 7.39. The van der Waals surface area contributed by atoms with E-state index < -0.39 is 17.5 Å². The SMILES string of the molecule is CC(C)c1ccccc1-c1cc(F)cn1C(=O)OC(C)(C)C. The minimum Gasteiger partial charge on any atom is -0.443 e. The second-order valence-corrected chi connectivity index (χ2v) is 6.64. The molecule has 0 spiro atoms. The average molecular weight is 303 g/mol. The minimum absolute atomic E-state index is 0.265. The van der Waals surface area contributed by atoms with Crippen molar-refractivity contribution in [3.63, 3.8) is 0 Å². The Bertz CT molecular complexity index is 681. The Morgan fingerprint density at radius 3 is 2.45 bits per heavy atom. The fourth-order valence-corrected chi connectivity index (χ4v) is 2.33. The molecule has 0 atom stereocenters. The molecule has 0 aliphatic carbocycles. The van der Waals surface area contributed by atoms with E-state index in [0.717, 1.165) is 11.1 Å². The third-order valence-corrected chi connectivity index (χ3v) is 3.24. The molecule has 0 bridgehead atoms. The van der Waals surface area contributed by atoms with Crippen molar-refractivity contribution in [2.45, 2.75) is 46.1 Å². The van der Waals surface area contributed by atoms with Gasteiger partial charge in [-0.25, -0.2) is 13.8 Å². The van der Waals surface area contributed by atoms with Crippen LogP contribution in [0.15, 0.2) is 36.5 Å². The smallest absolute Gasteiger partial charge is 0.419 e. The number of carbonyl (C=O) groups is 1. The van der Waals surface area contributed by atoms with Crippen molar-refractivity contribution in [3.05, 3.63) is 47.9 Å². The molecule has 1 aromatic carbocycles. The van der Waals surface area contributed by atoms with E-state index in [1.165, 1.54) is 16.8 Å². The summed E-state index contributed by atoms with van der Waals surface area (Å²) in [4.78, 5) is 12.3. The van der Waals surface area contributed by atoms with Crippen molar-refractivity contribution >= 4 is 6.09 Å². The van der Waals surface area contributed by atoms with Crippen molar-refractivity contribution in [3.8, 4) is 11.3 Å². The van der Waals surface area contributed by atoms with Gasteiger partial charge in [-0.2, -0.15) is 0 Å². The van der Waals surface area contributed by atoms with Crippen molar-refractivity contribution < 1.29 is 13.9 Å². The zero-order valence-electron chi connectivity index (χ0n) is 13.7. The number of nitrogens with zero attached hydrogens (tertiary/aromatic N) is 1. The first-order valence-corrected chi connectivity index (χ1v) is 7.39. The Morgan fingerprint density at radius 1 is 1.23 bits per heavy atom. The van der Waals surface area contributed by atoms with E-state index in [4.69, 9.17) is 4.74 Å². The van der Waals surface area contributed by atoms with Crippen LogP contribution in [-0.2, 0) is 4.74 Å². The highest BCUT2D eigenvalue weighted by Gasteiger charge is 2.22. The largest absolute Gasteiger partial charge is 0.443 e. The maximum atomic E-state index is 13.8. The maximum Gasteiger partial charge on any atom is 0.419 e. The number of benzene rings is 1. The summed E-state index contributed by atoms with van der Waals surface area (Å²) < 4.78 is 20.4. The summed E-state index contributed by atoms with van der Waals surface area (Å²) in [6.45, 7) is 9.48. The molecule has 0 radical (unpaired) electrons. The maximum absolute atomic E-state index is 13.8. The molecule has 0 fully saturated rings. The van der Waals surface area contributed by atoms with Crippen LogP contribution in [0.3, 0.4) is 0 Å². The quantitative estimate of drug-likeness (QED) is 0.763. The number of rotatable bonds is 2. The van der Waals surface area contributed by atoms with E-state index in [0.29, 0.717) is 5.69 Å². The van der Waals surface area contributed by atoms with Crippen molar-refractivity contribution in [1.82, 2.24) is 4.57 Å². The monoisotopic (exact) mass is 303 g/mol. The number of aromatic nitrogens is 1. The van der Waals surface area contributed by atoms with Gasteiger partial charge in [0.05, 0.1) is 11.9 Å². The van der Waals surface area contributed by atoms with E-state index in [1.807, 2.05) is 24.3 Å². The van der Waals surface area contributed by atoms with Gasteiger partial charge in [-0.1, -0.05) is 38.1 Å². The molecule has 0 N–H and O–H groups in total. The topological polar surface area (TPSA) is 31.2 Å². The molecule has 0 aliphatic heterocycles. The van der Waals surface area contributed by atoms with Crippen LogP contribution in [0.1, 0.15) is 46.1 Å². The molecular formula is C18H22FNO2. The molecule has 1 heterocycles. The van der Waals surface area contributed by atoms with Gasteiger partial charge in [-0.3, -0.25) is 0 Å². The lowest BCUT2D eigenvalue weighted by Crippen LogP contribution is -2.27. The number of hydrogen-bond acceptors (Lipinski definition) is 2. The van der Waals surface area contributed by atoms with Crippen molar-refractivity contribution in [2.75, 3.05) is 0 Å². The molecule has 0 amide bonds. The van der Waals surface area contributed by atoms with Gasteiger partial charge in [0.2, 0.25) is 0 Å². The second-order valence-electron chi connectivity index (χ2n) is 6.64. The summed E-state index contributed by atoms with van der Waals surface area (Å²) in [5.74, 6) is -0.194. The van der Waals surface area contributed by atoms with Gasteiger partial charge in [0.1, 0.15) is 11.4 Å². The average Bonchev–Trinajstić information content (AvgIpc) is 2.79. The first-order chi connectivity index (χ1) is 10.2. The van der Waals surface area contributed by atoms with Crippen LogP contribution in [0.2, 0.25) is 0 Å². The Balaban J connectivity index is 2.52. The Morgan fingerprint density at radius 2 is 1.86 bits per heavy atom. The highest BCUT2D eigenvalue weighted by atomic mass is 19.1. The zero-order chi connectivity index (χ0) is 16.5. The molecule has 2 rings (SSSR count). The van der Waals surface area contributed by atoms with Crippen LogP contribution in [0, 0.1) is 5.82 Å². The van der Waals surface area contributed by atoms with Crippen LogP contribution in [0.4, 0.5) is 9.18 Å². The molecule has 118 valence electrons. The predicted octanol–water partition coefficient (Wildman–Crippen LogP) is 5.20. The van der Waals surface area contributed by atoms with E-state index in [-0.39, 0.29) is 5.92 Å². The highest BCUT2D eigenvalue weighted by Crippen LogP contribution is 2.30. The van der Waals surface area contributed by atoms with Crippen LogP contribution >= 0.6 is 0 Å². The second kappa shape index (κ2) is 5.95. The number of carbonyl (C=O) groups excluding carboxylic acids is 1. The number of hydrogen-bond donors (Lipinski definition) is 0. The fourth-order valence-electron chi connectivity index (χ4n) is 2.33. The summed E-state index contributed by atoms with van der Waals surface area (Å²) in [5, 5.41) is 0. The predicted molar refractivity (Wildman–Crippen MR) is 85.5 cm³/mol. The normalized spacial score (nSPS) is 11.8. The molecule has 22 heavy (non-hydrogen) atoms. The van der Waals surface area contributed by atoms with Gasteiger partial charge in [-0.05, 0) is 32.3 Å². The fraction of sp³-hybridized carbons (Fsp3) is 0.389. The summed E-state index contributed by atoms with van der Waals surface area (Å²) >= 11 is 0. The first kappa shape index (κ1) is 16.3. The molecule has 0 aliphatic rings. The van der Waals surface area contributed by atoms with Crippen LogP contribution in [-0.4, -0.2) is 16.3 Å². The van der Waals surface area contributed by atoms with Crippen molar-refractivity contribution in [1.29, 1.82) is 0 Å². The molecule has 2 aromatic rings. The van der Waals surface area contributed by atoms with Gasteiger partial charge in [0, 0.05) is 11.6 Å². The molecular weight excluding hydrogens is 281 g/mol. The molecule has 0 unspecified atom stereocenters. The van der Waals surface area contributed by atoms with Gasteiger partial charge in [-0.15, -0.1) is 0 Å². The van der Waals surface area contributed by atoms with E-state index in [1.54, 1.807) is 20.8 Å². The van der Waals surface area contributed by atoms with Crippen LogP contribution in [0.25, 0.3) is 11.3 Å². The summed E-state index contributed by atoms with van der Waals surface area (Å²) in [7, 11) is 0. The molecule has 0 saturated heterocycles. The molecule has 0 saturated carbocycles. The third-order valence-electron chi connectivity index (χ3n) is 3.24. The molecule has 4 heteroatoms.